The van der Waals surface area contributed by atoms with Crippen molar-refractivity contribution in [2.24, 2.45) is 0 Å². The highest BCUT2D eigenvalue weighted by Gasteiger charge is 2.46. The number of hydrogen-bond acceptors (Lipinski definition) is 11. The molecule has 0 saturated carbocycles. The van der Waals surface area contributed by atoms with Crippen LogP contribution in [0.25, 0.3) is 0 Å². The maximum atomic E-state index is 12.7. The molecule has 1 fully saturated rings. The lowest BCUT2D eigenvalue weighted by molar-refractivity contribution is -0.297. The number of aliphatic hydroxyl groups excluding tert-OH is 3. The van der Waals surface area contributed by atoms with E-state index in [1.165, 1.54) is 77.0 Å². The van der Waals surface area contributed by atoms with Crippen LogP contribution in [0.4, 0.5) is 0 Å². The third-order valence-electron chi connectivity index (χ3n) is 8.69. The van der Waals surface area contributed by atoms with Crippen LogP contribution in [-0.2, 0) is 38.7 Å². The Kier molecular flexibility index (Phi) is 25.5. The molecule has 0 bridgehead atoms. The van der Waals surface area contributed by atoms with Gasteiger partial charge >= 0.3 is 11.9 Å². The fraction of sp³-hybridized carbons (Fsp3) is 0.943. The van der Waals surface area contributed by atoms with Gasteiger partial charge in [-0.1, -0.05) is 129 Å². The van der Waals surface area contributed by atoms with Gasteiger partial charge in [-0.25, -0.2) is 0 Å². The van der Waals surface area contributed by atoms with Crippen molar-refractivity contribution in [2.75, 3.05) is 19.0 Å². The van der Waals surface area contributed by atoms with E-state index in [-0.39, 0.29) is 19.4 Å². The quantitative estimate of drug-likeness (QED) is 0.0401. The van der Waals surface area contributed by atoms with Crippen molar-refractivity contribution >= 4 is 22.1 Å². The molecule has 0 spiro atoms. The Morgan fingerprint density at radius 1 is 0.625 bits per heavy atom. The van der Waals surface area contributed by atoms with Gasteiger partial charge in [0, 0.05) is 12.8 Å². The summed E-state index contributed by atoms with van der Waals surface area (Å²) in [4.78, 5) is 25.1. The molecule has 1 aliphatic rings. The molecule has 0 radical (unpaired) electrons. The van der Waals surface area contributed by atoms with Crippen LogP contribution in [-0.4, -0.2) is 96.0 Å². The molecule has 48 heavy (non-hydrogen) atoms. The second-order valence-electron chi connectivity index (χ2n) is 13.3. The maximum Gasteiger partial charge on any atom is 0.306 e. The SMILES string of the molecule is CCCCCCCCCCCCC(=O)OCC(COC1OC(CS(=O)(=O)O)C(O)C(O)C1O)OC(=O)CCCCCCCCCCCC. The second-order valence-corrected chi connectivity index (χ2v) is 14.8. The van der Waals surface area contributed by atoms with E-state index < -0.39 is 71.2 Å². The normalized spacial score (nSPS) is 22.0. The number of carbonyl (C=O) groups excluding carboxylic acids is 2. The molecule has 0 aliphatic carbocycles. The van der Waals surface area contributed by atoms with Crippen LogP contribution in [0.3, 0.4) is 0 Å². The van der Waals surface area contributed by atoms with E-state index in [1.54, 1.807) is 0 Å². The highest BCUT2D eigenvalue weighted by Crippen LogP contribution is 2.24. The molecule has 6 unspecified atom stereocenters. The summed E-state index contributed by atoms with van der Waals surface area (Å²) in [5.41, 5.74) is 0. The molecule has 0 aromatic carbocycles. The molecule has 1 aliphatic heterocycles. The summed E-state index contributed by atoms with van der Waals surface area (Å²) in [6.07, 6.45) is 13.2. The molecule has 0 aromatic heterocycles. The molecule has 13 heteroatoms. The number of aliphatic hydroxyl groups is 3. The van der Waals surface area contributed by atoms with Gasteiger partial charge in [0.05, 0.1) is 6.61 Å². The smallest absolute Gasteiger partial charge is 0.306 e. The highest BCUT2D eigenvalue weighted by molar-refractivity contribution is 7.85. The Hall–Kier alpha value is -1.35. The summed E-state index contributed by atoms with van der Waals surface area (Å²) < 4.78 is 53.7. The third-order valence-corrected chi connectivity index (χ3v) is 9.44. The zero-order valence-corrected chi connectivity index (χ0v) is 30.4. The van der Waals surface area contributed by atoms with Crippen molar-refractivity contribution in [3.8, 4) is 0 Å². The predicted molar refractivity (Wildman–Crippen MR) is 183 cm³/mol. The molecular weight excluding hydrogens is 644 g/mol. The van der Waals surface area contributed by atoms with Gasteiger partial charge in [0.15, 0.2) is 12.4 Å². The van der Waals surface area contributed by atoms with Gasteiger partial charge in [-0.15, -0.1) is 0 Å². The average molecular weight is 711 g/mol. The first kappa shape index (κ1) is 44.7. The minimum atomic E-state index is -4.59. The first-order valence-electron chi connectivity index (χ1n) is 18.6. The number of hydrogen-bond donors (Lipinski definition) is 4. The second kappa shape index (κ2) is 27.4. The largest absolute Gasteiger partial charge is 0.462 e. The van der Waals surface area contributed by atoms with Crippen molar-refractivity contribution in [1.82, 2.24) is 0 Å². The van der Waals surface area contributed by atoms with E-state index in [1.807, 2.05) is 0 Å². The molecule has 6 atom stereocenters. The number of ether oxygens (including phenoxy) is 4. The molecule has 0 aromatic rings. The molecule has 1 heterocycles. The summed E-state index contributed by atoms with van der Waals surface area (Å²) in [7, 11) is -4.59. The van der Waals surface area contributed by atoms with Crippen LogP contribution >= 0.6 is 0 Å². The van der Waals surface area contributed by atoms with Crippen LogP contribution in [0, 0.1) is 0 Å². The van der Waals surface area contributed by atoms with Gasteiger partial charge in [-0.3, -0.25) is 14.1 Å². The summed E-state index contributed by atoms with van der Waals surface area (Å²) in [5, 5.41) is 30.7. The average Bonchev–Trinajstić information content (AvgIpc) is 3.04. The lowest BCUT2D eigenvalue weighted by Crippen LogP contribution is -2.60. The van der Waals surface area contributed by atoms with Gasteiger partial charge in [0.25, 0.3) is 10.1 Å². The van der Waals surface area contributed by atoms with Gasteiger partial charge in [-0.05, 0) is 12.8 Å². The first-order chi connectivity index (χ1) is 23.0. The lowest BCUT2D eigenvalue weighted by Gasteiger charge is -2.40. The monoisotopic (exact) mass is 710 g/mol. The Morgan fingerprint density at radius 2 is 1.06 bits per heavy atom. The highest BCUT2D eigenvalue weighted by atomic mass is 32.2. The van der Waals surface area contributed by atoms with E-state index in [2.05, 4.69) is 13.8 Å². The Labute approximate surface area is 289 Å². The zero-order chi connectivity index (χ0) is 35.6. The van der Waals surface area contributed by atoms with Crippen molar-refractivity contribution < 1.29 is 56.8 Å². The fourth-order valence-corrected chi connectivity index (χ4v) is 6.43. The van der Waals surface area contributed by atoms with Crippen LogP contribution in [0.15, 0.2) is 0 Å². The molecule has 1 saturated heterocycles. The Morgan fingerprint density at radius 3 is 1.52 bits per heavy atom. The van der Waals surface area contributed by atoms with Crippen molar-refractivity contribution in [3.05, 3.63) is 0 Å². The third kappa shape index (κ3) is 22.4. The predicted octanol–water partition coefficient (Wildman–Crippen LogP) is 5.78. The molecule has 0 amide bonds. The minimum absolute atomic E-state index is 0.170. The summed E-state index contributed by atoms with van der Waals surface area (Å²) in [6.45, 7) is 3.70. The van der Waals surface area contributed by atoms with E-state index in [9.17, 15) is 37.9 Å². The van der Waals surface area contributed by atoms with Crippen LogP contribution in [0.2, 0.25) is 0 Å². The van der Waals surface area contributed by atoms with E-state index in [0.717, 1.165) is 38.5 Å². The summed E-state index contributed by atoms with van der Waals surface area (Å²) >= 11 is 0. The van der Waals surface area contributed by atoms with Gasteiger partial charge in [0.2, 0.25) is 0 Å². The molecule has 12 nitrogen and oxygen atoms in total. The Bertz CT molecular complexity index is 931. The van der Waals surface area contributed by atoms with Crippen LogP contribution in [0.5, 0.6) is 0 Å². The summed E-state index contributed by atoms with van der Waals surface area (Å²) in [6, 6.07) is 0. The van der Waals surface area contributed by atoms with Gasteiger partial charge < -0.3 is 34.3 Å². The van der Waals surface area contributed by atoms with E-state index in [4.69, 9.17) is 18.9 Å². The van der Waals surface area contributed by atoms with E-state index in [0.29, 0.717) is 12.8 Å². The van der Waals surface area contributed by atoms with Gasteiger partial charge in [0.1, 0.15) is 36.8 Å². The number of unbranched alkanes of at least 4 members (excludes halogenated alkanes) is 18. The number of esters is 2. The maximum absolute atomic E-state index is 12.7. The molecule has 1 rings (SSSR count). The van der Waals surface area contributed by atoms with Crippen LogP contribution in [0.1, 0.15) is 155 Å². The van der Waals surface area contributed by atoms with Crippen molar-refractivity contribution in [3.63, 3.8) is 0 Å². The number of rotatable bonds is 30. The van der Waals surface area contributed by atoms with Crippen LogP contribution < -0.4 is 0 Å². The molecule has 4 N–H and O–H groups in total. The fourth-order valence-electron chi connectivity index (χ4n) is 5.73. The standard InChI is InChI=1S/C35H66O12S/c1-3-5-7-9-11-13-15-17-19-21-23-30(36)44-25-28(46-31(37)24-22-20-18-16-14-12-10-8-6-4-2)26-45-35-34(40)33(39)32(38)29(47-35)27-48(41,42)43/h28-29,32-35,38-40H,3-27H2,1-2H3,(H,41,42,43). The zero-order valence-electron chi connectivity index (χ0n) is 29.6. The lowest BCUT2D eigenvalue weighted by atomic mass is 10.00. The minimum Gasteiger partial charge on any atom is -0.462 e. The number of carbonyl (C=O) groups is 2. The summed E-state index contributed by atoms with van der Waals surface area (Å²) in [5.74, 6) is -1.98. The molecule has 284 valence electrons. The molecular formula is C35H66O12S. The van der Waals surface area contributed by atoms with Crippen molar-refractivity contribution in [2.45, 2.75) is 192 Å². The van der Waals surface area contributed by atoms with Crippen molar-refractivity contribution in [1.29, 1.82) is 0 Å². The van der Waals surface area contributed by atoms with Gasteiger partial charge in [-0.2, -0.15) is 8.42 Å². The topological polar surface area (TPSA) is 186 Å². The first-order valence-corrected chi connectivity index (χ1v) is 20.2. The van der Waals surface area contributed by atoms with E-state index >= 15 is 0 Å². The Balaban J connectivity index is 2.55.